The van der Waals surface area contributed by atoms with E-state index < -0.39 is 0 Å². The monoisotopic (exact) mass is 422 g/mol. The van der Waals surface area contributed by atoms with E-state index in [-0.39, 0.29) is 30.8 Å². The number of hydrogen-bond acceptors (Lipinski definition) is 4. The molecule has 6 nitrogen and oxygen atoms in total. The minimum atomic E-state index is -0.326. The van der Waals surface area contributed by atoms with Gasteiger partial charge in [0.25, 0.3) is 5.91 Å². The molecule has 0 aliphatic heterocycles. The quantitative estimate of drug-likeness (QED) is 0.593. The molecule has 7 heteroatoms. The Balaban J connectivity index is 1.57. The van der Waals surface area contributed by atoms with E-state index in [0.29, 0.717) is 22.7 Å². The van der Waals surface area contributed by atoms with Crippen LogP contribution in [-0.2, 0) is 11.4 Å². The number of carbonyl (C=O) groups excluding carboxylic acids is 2. The van der Waals surface area contributed by atoms with Gasteiger partial charge >= 0.3 is 0 Å². The van der Waals surface area contributed by atoms with Crippen molar-refractivity contribution in [3.63, 3.8) is 0 Å². The largest absolute Gasteiger partial charge is 0.497 e. The van der Waals surface area contributed by atoms with E-state index in [1.165, 1.54) is 17.0 Å². The fourth-order valence-corrected chi connectivity index (χ4v) is 2.88. The van der Waals surface area contributed by atoms with E-state index in [1.54, 1.807) is 74.8 Å². The van der Waals surface area contributed by atoms with Gasteiger partial charge in [-0.2, -0.15) is 0 Å². The van der Waals surface area contributed by atoms with Crippen LogP contribution in [0.1, 0.15) is 15.9 Å². The van der Waals surface area contributed by atoms with Crippen LogP contribution in [0.3, 0.4) is 0 Å². The number of likely N-dealkylation sites (N-methyl/N-ethyl adjacent to an activating group) is 1. The van der Waals surface area contributed by atoms with Gasteiger partial charge < -0.3 is 19.7 Å². The molecule has 0 radical (unpaired) electrons. The normalized spacial score (nSPS) is 10.3. The van der Waals surface area contributed by atoms with Crippen LogP contribution >= 0.6 is 0 Å². The van der Waals surface area contributed by atoms with Crippen LogP contribution in [0, 0.1) is 5.82 Å². The summed E-state index contributed by atoms with van der Waals surface area (Å²) in [6, 6.07) is 19.7. The maximum atomic E-state index is 13.0. The van der Waals surface area contributed by atoms with Gasteiger partial charge in [0, 0.05) is 24.4 Å². The number of ether oxygens (including phenoxy) is 2. The Bertz CT molecular complexity index is 1050. The topological polar surface area (TPSA) is 67.9 Å². The van der Waals surface area contributed by atoms with Crippen LogP contribution in [0.5, 0.6) is 11.5 Å². The highest BCUT2D eigenvalue weighted by molar-refractivity contribution is 5.99. The van der Waals surface area contributed by atoms with E-state index in [4.69, 9.17) is 9.47 Å². The lowest BCUT2D eigenvalue weighted by Gasteiger charge is -2.17. The molecule has 3 aromatic carbocycles. The van der Waals surface area contributed by atoms with Gasteiger partial charge in [0.2, 0.25) is 5.91 Å². The van der Waals surface area contributed by atoms with E-state index in [2.05, 4.69) is 5.32 Å². The van der Waals surface area contributed by atoms with Gasteiger partial charge in [-0.25, -0.2) is 4.39 Å². The number of amides is 2. The summed E-state index contributed by atoms with van der Waals surface area (Å²) in [5.74, 6) is 0.180. The van der Waals surface area contributed by atoms with Crippen LogP contribution in [-0.4, -0.2) is 37.4 Å². The zero-order valence-corrected chi connectivity index (χ0v) is 17.3. The van der Waals surface area contributed by atoms with Crippen molar-refractivity contribution < 1.29 is 23.5 Å². The number of nitrogens with one attached hydrogen (secondary N) is 1. The first-order chi connectivity index (χ1) is 14.9. The zero-order chi connectivity index (χ0) is 22.2. The van der Waals surface area contributed by atoms with E-state index in [1.807, 2.05) is 0 Å². The lowest BCUT2D eigenvalue weighted by Crippen LogP contribution is -2.34. The van der Waals surface area contributed by atoms with Crippen LogP contribution in [0.4, 0.5) is 10.1 Å². The summed E-state index contributed by atoms with van der Waals surface area (Å²) in [5, 5.41) is 2.74. The number of methoxy groups -OCH3 is 1. The van der Waals surface area contributed by atoms with E-state index in [0.717, 1.165) is 5.56 Å². The molecule has 0 saturated heterocycles. The summed E-state index contributed by atoms with van der Waals surface area (Å²) in [7, 11) is 3.10. The van der Waals surface area contributed by atoms with Gasteiger partial charge in [0.05, 0.1) is 13.7 Å². The van der Waals surface area contributed by atoms with Crippen molar-refractivity contribution in [2.45, 2.75) is 6.61 Å². The molecular formula is C24H23FN2O4. The summed E-state index contributed by atoms with van der Waals surface area (Å²) in [6.07, 6.45) is 0. The number of nitrogens with zero attached hydrogens (tertiary/aromatic N) is 1. The molecule has 0 saturated carbocycles. The van der Waals surface area contributed by atoms with Crippen LogP contribution in [0.25, 0.3) is 0 Å². The second-order valence-electron chi connectivity index (χ2n) is 6.88. The lowest BCUT2D eigenvalue weighted by atomic mass is 10.2. The molecular weight excluding hydrogens is 399 g/mol. The lowest BCUT2D eigenvalue weighted by molar-refractivity contribution is -0.116. The molecule has 0 aromatic heterocycles. The molecule has 0 aliphatic carbocycles. The van der Waals surface area contributed by atoms with Crippen molar-refractivity contribution in [1.29, 1.82) is 0 Å². The van der Waals surface area contributed by atoms with Crippen molar-refractivity contribution in [2.24, 2.45) is 0 Å². The molecule has 3 rings (SSSR count). The second kappa shape index (κ2) is 10.2. The SMILES string of the molecule is COc1cccc(NC(=O)CN(C)C(=O)c2cccc(OCc3ccc(F)cc3)c2)c1. The molecule has 0 atom stereocenters. The molecule has 0 spiro atoms. The Morgan fingerprint density at radius 3 is 2.42 bits per heavy atom. The Kier molecular flexibility index (Phi) is 7.22. The fourth-order valence-electron chi connectivity index (χ4n) is 2.88. The average molecular weight is 422 g/mol. The molecule has 1 N–H and O–H groups in total. The summed E-state index contributed by atoms with van der Waals surface area (Å²) >= 11 is 0. The maximum absolute atomic E-state index is 13.0. The highest BCUT2D eigenvalue weighted by Gasteiger charge is 2.16. The van der Waals surface area contributed by atoms with Crippen LogP contribution in [0.15, 0.2) is 72.8 Å². The number of carbonyl (C=O) groups is 2. The standard InChI is InChI=1S/C24H23FN2O4/c1-27(15-23(28)26-20-6-4-7-21(14-20)30-2)24(29)18-5-3-8-22(13-18)31-16-17-9-11-19(25)12-10-17/h3-14H,15-16H2,1-2H3,(H,26,28). The van der Waals surface area contributed by atoms with Crippen molar-refractivity contribution in [3.8, 4) is 11.5 Å². The summed E-state index contributed by atoms with van der Waals surface area (Å²) < 4.78 is 23.8. The first-order valence-corrected chi connectivity index (χ1v) is 9.61. The number of hydrogen-bond donors (Lipinski definition) is 1. The molecule has 0 bridgehead atoms. The van der Waals surface area contributed by atoms with Crippen LogP contribution in [0.2, 0.25) is 0 Å². The highest BCUT2D eigenvalue weighted by Crippen LogP contribution is 2.18. The molecule has 0 unspecified atom stereocenters. The van der Waals surface area contributed by atoms with Crippen molar-refractivity contribution in [2.75, 3.05) is 26.0 Å². The van der Waals surface area contributed by atoms with E-state index in [9.17, 15) is 14.0 Å². The van der Waals surface area contributed by atoms with Gasteiger partial charge in [0.1, 0.15) is 23.9 Å². The smallest absolute Gasteiger partial charge is 0.254 e. The minimum Gasteiger partial charge on any atom is -0.497 e. The number of benzene rings is 3. The van der Waals surface area contributed by atoms with Gasteiger partial charge in [-0.1, -0.05) is 24.3 Å². The van der Waals surface area contributed by atoms with Gasteiger partial charge in [-0.3, -0.25) is 9.59 Å². The maximum Gasteiger partial charge on any atom is 0.254 e. The summed E-state index contributed by atoms with van der Waals surface area (Å²) in [5.41, 5.74) is 1.79. The van der Waals surface area contributed by atoms with Crippen molar-refractivity contribution in [3.05, 3.63) is 89.7 Å². The highest BCUT2D eigenvalue weighted by atomic mass is 19.1. The Morgan fingerprint density at radius 1 is 0.968 bits per heavy atom. The molecule has 0 heterocycles. The van der Waals surface area contributed by atoms with Crippen molar-refractivity contribution in [1.82, 2.24) is 4.90 Å². The number of anilines is 1. The summed E-state index contributed by atoms with van der Waals surface area (Å²) in [6.45, 7) is 0.132. The van der Waals surface area contributed by atoms with Crippen LogP contribution < -0.4 is 14.8 Å². The zero-order valence-electron chi connectivity index (χ0n) is 17.3. The van der Waals surface area contributed by atoms with Crippen molar-refractivity contribution >= 4 is 17.5 Å². The predicted octanol–water partition coefficient (Wildman–Crippen LogP) is 4.12. The Hall–Kier alpha value is -3.87. The Morgan fingerprint density at radius 2 is 1.68 bits per heavy atom. The predicted molar refractivity (Wildman–Crippen MR) is 116 cm³/mol. The fraction of sp³-hybridized carbons (Fsp3) is 0.167. The first-order valence-electron chi connectivity index (χ1n) is 9.61. The first kappa shape index (κ1) is 21.8. The molecule has 3 aromatic rings. The number of halogens is 1. The van der Waals surface area contributed by atoms with Gasteiger partial charge in [-0.15, -0.1) is 0 Å². The third-order valence-corrected chi connectivity index (χ3v) is 4.48. The molecule has 0 aliphatic rings. The Labute approximate surface area is 180 Å². The molecule has 31 heavy (non-hydrogen) atoms. The number of rotatable bonds is 8. The third-order valence-electron chi connectivity index (χ3n) is 4.48. The van der Waals surface area contributed by atoms with Gasteiger partial charge in [0.15, 0.2) is 0 Å². The second-order valence-corrected chi connectivity index (χ2v) is 6.88. The molecule has 160 valence electrons. The molecule has 2 amide bonds. The third kappa shape index (κ3) is 6.30. The van der Waals surface area contributed by atoms with E-state index >= 15 is 0 Å². The average Bonchev–Trinajstić information content (AvgIpc) is 2.78. The minimum absolute atomic E-state index is 0.114. The van der Waals surface area contributed by atoms with Gasteiger partial charge in [-0.05, 0) is 48.0 Å². The summed E-state index contributed by atoms with van der Waals surface area (Å²) in [4.78, 5) is 26.4. The molecule has 0 fully saturated rings.